The second-order valence-electron chi connectivity index (χ2n) is 3.66. The number of aliphatic hydroxyl groups is 1. The van der Waals surface area contributed by atoms with Crippen LogP contribution in [0.15, 0.2) is 0 Å². The van der Waals surface area contributed by atoms with Crippen LogP contribution in [-0.2, 0) is 14.2 Å². The molecule has 4 heteroatoms. The minimum absolute atomic E-state index is 0.0120. The highest BCUT2D eigenvalue weighted by Gasteiger charge is 2.51. The maximum absolute atomic E-state index is 8.83. The van der Waals surface area contributed by atoms with Crippen molar-refractivity contribution in [3.63, 3.8) is 0 Å². The third-order valence-corrected chi connectivity index (χ3v) is 2.52. The van der Waals surface area contributed by atoms with E-state index in [0.29, 0.717) is 19.8 Å². The summed E-state index contributed by atoms with van der Waals surface area (Å²) >= 11 is 0. The number of rotatable bonds is 8. The van der Waals surface area contributed by atoms with E-state index in [0.717, 1.165) is 13.0 Å². The van der Waals surface area contributed by atoms with Gasteiger partial charge in [0.15, 0.2) is 0 Å². The van der Waals surface area contributed by atoms with Gasteiger partial charge in [0.05, 0.1) is 25.4 Å². The number of epoxide rings is 1. The molecule has 0 bridgehead atoms. The average molecular weight is 204 g/mol. The van der Waals surface area contributed by atoms with Crippen molar-refractivity contribution in [2.45, 2.75) is 32.0 Å². The van der Waals surface area contributed by atoms with Crippen molar-refractivity contribution in [1.29, 1.82) is 0 Å². The van der Waals surface area contributed by atoms with Crippen molar-refractivity contribution in [1.82, 2.24) is 0 Å². The molecule has 1 fully saturated rings. The largest absolute Gasteiger partial charge is 0.394 e. The van der Waals surface area contributed by atoms with Gasteiger partial charge in [-0.1, -0.05) is 0 Å². The van der Waals surface area contributed by atoms with Gasteiger partial charge in [0.1, 0.15) is 6.10 Å². The van der Waals surface area contributed by atoms with Crippen LogP contribution < -0.4 is 0 Å². The summed E-state index contributed by atoms with van der Waals surface area (Å²) in [7, 11) is 0. The molecule has 0 aromatic carbocycles. The normalized spacial score (nSPS) is 30.6. The lowest BCUT2D eigenvalue weighted by atomic mass is 10.1. The molecule has 0 spiro atoms. The van der Waals surface area contributed by atoms with Gasteiger partial charge in [0.2, 0.25) is 0 Å². The zero-order chi connectivity index (χ0) is 10.4. The van der Waals surface area contributed by atoms with Crippen LogP contribution in [0.3, 0.4) is 0 Å². The fourth-order valence-corrected chi connectivity index (χ4v) is 1.38. The van der Waals surface area contributed by atoms with Crippen molar-refractivity contribution in [2.75, 3.05) is 33.0 Å². The van der Waals surface area contributed by atoms with Gasteiger partial charge in [-0.3, -0.25) is 0 Å². The molecule has 1 saturated heterocycles. The molecule has 0 aliphatic carbocycles. The maximum atomic E-state index is 8.83. The van der Waals surface area contributed by atoms with Crippen molar-refractivity contribution < 1.29 is 19.3 Å². The Hall–Kier alpha value is -0.160. The van der Waals surface area contributed by atoms with E-state index in [-0.39, 0.29) is 18.3 Å². The summed E-state index contributed by atoms with van der Waals surface area (Å²) in [6, 6.07) is 0. The smallest absolute Gasteiger partial charge is 0.110 e. The molecule has 1 rings (SSSR count). The third kappa shape index (κ3) is 3.53. The van der Waals surface area contributed by atoms with Gasteiger partial charge in [0.25, 0.3) is 0 Å². The van der Waals surface area contributed by atoms with Crippen LogP contribution in [0.5, 0.6) is 0 Å². The van der Waals surface area contributed by atoms with Crippen LogP contribution in [0, 0.1) is 0 Å². The van der Waals surface area contributed by atoms with E-state index in [4.69, 9.17) is 19.3 Å². The molecule has 0 aromatic rings. The molecule has 4 nitrogen and oxygen atoms in total. The quantitative estimate of drug-likeness (QED) is 0.464. The van der Waals surface area contributed by atoms with Crippen molar-refractivity contribution in [2.24, 2.45) is 0 Å². The first-order chi connectivity index (χ1) is 6.73. The number of hydrogen-bond acceptors (Lipinski definition) is 4. The van der Waals surface area contributed by atoms with E-state index >= 15 is 0 Å². The number of ether oxygens (including phenoxy) is 3. The van der Waals surface area contributed by atoms with E-state index in [9.17, 15) is 0 Å². The molecule has 0 saturated carbocycles. The maximum Gasteiger partial charge on any atom is 0.110 e. The Morgan fingerprint density at radius 1 is 1.29 bits per heavy atom. The Morgan fingerprint density at radius 3 is 2.57 bits per heavy atom. The lowest BCUT2D eigenvalue weighted by Crippen LogP contribution is -2.16. The molecule has 0 amide bonds. The minimum atomic E-state index is -0.152. The Morgan fingerprint density at radius 2 is 2.00 bits per heavy atom. The summed E-state index contributed by atoms with van der Waals surface area (Å²) in [5.74, 6) is 0. The second kappa shape index (κ2) is 5.66. The summed E-state index contributed by atoms with van der Waals surface area (Å²) < 4.78 is 15.8. The Labute approximate surface area is 85.2 Å². The molecule has 0 radical (unpaired) electrons. The van der Waals surface area contributed by atoms with E-state index in [1.807, 2.05) is 13.8 Å². The average Bonchev–Trinajstić information content (AvgIpc) is 2.84. The van der Waals surface area contributed by atoms with Gasteiger partial charge in [-0.25, -0.2) is 0 Å². The fraction of sp³-hybridized carbons (Fsp3) is 1.00. The van der Waals surface area contributed by atoms with Crippen LogP contribution in [0.2, 0.25) is 0 Å². The predicted octanol–water partition coefficient (Wildman–Crippen LogP) is 0.579. The molecular formula is C10H20O4. The molecule has 2 atom stereocenters. The standard InChI is InChI=1S/C10H20O4/c1-3-12-6-7-13-5-4-10(2)9(8-11)14-10/h9,11H,3-8H2,1-2H3. The lowest BCUT2D eigenvalue weighted by molar-refractivity contribution is 0.0458. The van der Waals surface area contributed by atoms with Gasteiger partial charge in [0, 0.05) is 19.6 Å². The third-order valence-electron chi connectivity index (χ3n) is 2.52. The molecule has 84 valence electrons. The van der Waals surface area contributed by atoms with Crippen LogP contribution in [0.1, 0.15) is 20.3 Å². The molecule has 1 aliphatic rings. The zero-order valence-corrected chi connectivity index (χ0v) is 8.99. The molecule has 1 N–H and O–H groups in total. The van der Waals surface area contributed by atoms with Crippen molar-refractivity contribution >= 4 is 0 Å². The van der Waals surface area contributed by atoms with E-state index in [2.05, 4.69) is 0 Å². The number of aliphatic hydroxyl groups excluding tert-OH is 1. The SMILES string of the molecule is CCOCCOCCC1(C)OC1CO. The summed E-state index contributed by atoms with van der Waals surface area (Å²) in [6.45, 7) is 6.75. The Bertz CT molecular complexity index is 162. The summed E-state index contributed by atoms with van der Waals surface area (Å²) in [5, 5.41) is 8.83. The highest BCUT2D eigenvalue weighted by atomic mass is 16.6. The van der Waals surface area contributed by atoms with Gasteiger partial charge < -0.3 is 19.3 Å². The molecule has 1 heterocycles. The highest BCUT2D eigenvalue weighted by molar-refractivity contribution is 4.98. The molecular weight excluding hydrogens is 184 g/mol. The molecule has 2 unspecified atom stereocenters. The van der Waals surface area contributed by atoms with Gasteiger partial charge in [-0.2, -0.15) is 0 Å². The van der Waals surface area contributed by atoms with E-state index < -0.39 is 0 Å². The lowest BCUT2D eigenvalue weighted by Gasteiger charge is -2.07. The van der Waals surface area contributed by atoms with Crippen molar-refractivity contribution in [3.05, 3.63) is 0 Å². The van der Waals surface area contributed by atoms with Crippen LogP contribution in [-0.4, -0.2) is 49.8 Å². The highest BCUT2D eigenvalue weighted by Crippen LogP contribution is 2.38. The van der Waals surface area contributed by atoms with Crippen LogP contribution in [0.4, 0.5) is 0 Å². The van der Waals surface area contributed by atoms with Gasteiger partial charge in [-0.15, -0.1) is 0 Å². The minimum Gasteiger partial charge on any atom is -0.394 e. The fourth-order valence-electron chi connectivity index (χ4n) is 1.38. The predicted molar refractivity (Wildman–Crippen MR) is 52.3 cm³/mol. The Balaban J connectivity index is 1.90. The second-order valence-corrected chi connectivity index (χ2v) is 3.66. The molecule has 0 aromatic heterocycles. The molecule has 14 heavy (non-hydrogen) atoms. The first-order valence-electron chi connectivity index (χ1n) is 5.17. The van der Waals surface area contributed by atoms with Crippen LogP contribution >= 0.6 is 0 Å². The topological polar surface area (TPSA) is 51.2 Å². The summed E-state index contributed by atoms with van der Waals surface area (Å²) in [5.41, 5.74) is -0.152. The zero-order valence-electron chi connectivity index (χ0n) is 8.99. The van der Waals surface area contributed by atoms with Crippen LogP contribution in [0.25, 0.3) is 0 Å². The van der Waals surface area contributed by atoms with E-state index in [1.165, 1.54) is 0 Å². The molecule has 1 aliphatic heterocycles. The van der Waals surface area contributed by atoms with Crippen molar-refractivity contribution in [3.8, 4) is 0 Å². The summed E-state index contributed by atoms with van der Waals surface area (Å²) in [6.07, 6.45) is 0.850. The summed E-state index contributed by atoms with van der Waals surface area (Å²) in [4.78, 5) is 0. The van der Waals surface area contributed by atoms with E-state index in [1.54, 1.807) is 0 Å². The first kappa shape index (κ1) is 11.9. The van der Waals surface area contributed by atoms with Gasteiger partial charge in [-0.05, 0) is 13.8 Å². The number of hydrogen-bond donors (Lipinski definition) is 1. The van der Waals surface area contributed by atoms with Gasteiger partial charge >= 0.3 is 0 Å². The Kier molecular flexibility index (Phi) is 4.81. The first-order valence-corrected chi connectivity index (χ1v) is 5.17. The monoisotopic (exact) mass is 204 g/mol.